The third-order valence-corrected chi connectivity index (χ3v) is 4.26. The highest BCUT2D eigenvalue weighted by atomic mass is 127. The maximum atomic E-state index is 6.01. The van der Waals surface area contributed by atoms with E-state index in [2.05, 4.69) is 47.3 Å². The number of nitrogens with zero attached hydrogens (tertiary/aromatic N) is 2. The molecule has 1 saturated heterocycles. The van der Waals surface area contributed by atoms with Gasteiger partial charge < -0.3 is 15.0 Å². The molecule has 0 radical (unpaired) electrons. The Morgan fingerprint density at radius 1 is 1.32 bits per heavy atom. The lowest BCUT2D eigenvalue weighted by molar-refractivity contribution is -0.00834. The lowest BCUT2D eigenvalue weighted by atomic mass is 10.00. The van der Waals surface area contributed by atoms with E-state index in [0.717, 1.165) is 25.7 Å². The molecule has 0 spiro atoms. The SMILES string of the molecule is CN=C(NC1CC1)N1CCOC(c2ccc(C)cc2C)C1.I. The molecule has 1 aliphatic carbocycles. The van der Waals surface area contributed by atoms with E-state index in [1.165, 1.54) is 29.5 Å². The van der Waals surface area contributed by atoms with Gasteiger partial charge in [0, 0.05) is 19.6 Å². The first-order chi connectivity index (χ1) is 10.2. The first-order valence-electron chi connectivity index (χ1n) is 7.84. The van der Waals surface area contributed by atoms with Crippen molar-refractivity contribution in [1.29, 1.82) is 0 Å². The monoisotopic (exact) mass is 415 g/mol. The first kappa shape index (κ1) is 17.5. The number of benzene rings is 1. The number of aryl methyl sites for hydroxylation is 2. The number of halogens is 1. The lowest BCUT2D eigenvalue weighted by Gasteiger charge is -2.36. The van der Waals surface area contributed by atoms with Crippen LogP contribution < -0.4 is 5.32 Å². The average Bonchev–Trinajstić information content (AvgIpc) is 3.29. The van der Waals surface area contributed by atoms with Gasteiger partial charge in [0.1, 0.15) is 6.10 Å². The second kappa shape index (κ2) is 7.64. The van der Waals surface area contributed by atoms with Crippen molar-refractivity contribution in [2.24, 2.45) is 4.99 Å². The summed E-state index contributed by atoms with van der Waals surface area (Å²) in [5.41, 5.74) is 3.91. The van der Waals surface area contributed by atoms with Crippen LogP contribution in [0.3, 0.4) is 0 Å². The van der Waals surface area contributed by atoms with E-state index in [4.69, 9.17) is 4.74 Å². The molecule has 1 atom stereocenters. The Bertz CT molecular complexity index is 543. The number of rotatable bonds is 2. The molecule has 1 aromatic carbocycles. The van der Waals surface area contributed by atoms with Crippen LogP contribution in [0.1, 0.15) is 35.6 Å². The number of hydrogen-bond donors (Lipinski definition) is 1. The van der Waals surface area contributed by atoms with Gasteiger partial charge in [-0.25, -0.2) is 0 Å². The molecule has 1 aromatic rings. The van der Waals surface area contributed by atoms with Gasteiger partial charge in [-0.2, -0.15) is 0 Å². The number of hydrogen-bond acceptors (Lipinski definition) is 2. The van der Waals surface area contributed by atoms with E-state index in [1.807, 2.05) is 7.05 Å². The van der Waals surface area contributed by atoms with Crippen LogP contribution in [0.4, 0.5) is 0 Å². The summed E-state index contributed by atoms with van der Waals surface area (Å²) in [5, 5.41) is 3.53. The topological polar surface area (TPSA) is 36.9 Å². The Morgan fingerprint density at radius 2 is 2.09 bits per heavy atom. The van der Waals surface area contributed by atoms with Gasteiger partial charge >= 0.3 is 0 Å². The van der Waals surface area contributed by atoms with E-state index >= 15 is 0 Å². The summed E-state index contributed by atoms with van der Waals surface area (Å²) in [7, 11) is 1.87. The summed E-state index contributed by atoms with van der Waals surface area (Å²) >= 11 is 0. The third-order valence-electron chi connectivity index (χ3n) is 4.26. The molecule has 122 valence electrons. The van der Waals surface area contributed by atoms with Crippen molar-refractivity contribution in [2.45, 2.75) is 38.8 Å². The fourth-order valence-corrected chi connectivity index (χ4v) is 2.92. The number of ether oxygens (including phenoxy) is 1. The van der Waals surface area contributed by atoms with E-state index in [-0.39, 0.29) is 30.1 Å². The maximum absolute atomic E-state index is 6.01. The zero-order chi connectivity index (χ0) is 14.8. The van der Waals surface area contributed by atoms with Crippen molar-refractivity contribution in [2.75, 3.05) is 26.7 Å². The zero-order valence-electron chi connectivity index (χ0n) is 13.6. The quantitative estimate of drug-likeness (QED) is 0.459. The molecule has 2 aliphatic rings. The molecule has 5 heteroatoms. The number of guanidine groups is 1. The molecule has 1 heterocycles. The lowest BCUT2D eigenvalue weighted by Crippen LogP contribution is -2.48. The molecule has 1 aliphatic heterocycles. The summed E-state index contributed by atoms with van der Waals surface area (Å²) in [6.07, 6.45) is 2.67. The summed E-state index contributed by atoms with van der Waals surface area (Å²) in [6, 6.07) is 7.23. The van der Waals surface area contributed by atoms with Crippen molar-refractivity contribution in [1.82, 2.24) is 10.2 Å². The minimum absolute atomic E-state index is 0. The Morgan fingerprint density at radius 3 is 2.73 bits per heavy atom. The van der Waals surface area contributed by atoms with Crippen molar-refractivity contribution in [3.63, 3.8) is 0 Å². The molecular weight excluding hydrogens is 389 g/mol. The predicted octanol–water partition coefficient (Wildman–Crippen LogP) is 3.03. The summed E-state index contributed by atoms with van der Waals surface area (Å²) < 4.78 is 6.01. The molecule has 3 rings (SSSR count). The third kappa shape index (κ3) is 4.13. The van der Waals surface area contributed by atoms with Crippen LogP contribution in [-0.4, -0.2) is 43.6 Å². The van der Waals surface area contributed by atoms with Crippen molar-refractivity contribution >= 4 is 29.9 Å². The van der Waals surface area contributed by atoms with Gasteiger partial charge in [0.15, 0.2) is 5.96 Å². The molecule has 22 heavy (non-hydrogen) atoms. The Kier molecular flexibility index (Phi) is 6.09. The van der Waals surface area contributed by atoms with Crippen LogP contribution in [0.2, 0.25) is 0 Å². The molecule has 2 fully saturated rings. The molecule has 1 saturated carbocycles. The second-order valence-electron chi connectivity index (χ2n) is 6.13. The standard InChI is InChI=1S/C17H25N3O.HI/c1-12-4-7-15(13(2)10-12)16-11-20(8-9-21-16)17(18-3)19-14-5-6-14;/h4,7,10,14,16H,5-6,8-9,11H2,1-3H3,(H,18,19);1H. The van der Waals surface area contributed by atoms with Gasteiger partial charge in [-0.1, -0.05) is 23.8 Å². The largest absolute Gasteiger partial charge is 0.370 e. The maximum Gasteiger partial charge on any atom is 0.194 e. The first-order valence-corrected chi connectivity index (χ1v) is 7.84. The van der Waals surface area contributed by atoms with Gasteiger partial charge in [0.2, 0.25) is 0 Å². The molecule has 1 unspecified atom stereocenters. The van der Waals surface area contributed by atoms with Crippen LogP contribution in [0.25, 0.3) is 0 Å². The van der Waals surface area contributed by atoms with Crippen LogP contribution in [-0.2, 0) is 4.74 Å². The fourth-order valence-electron chi connectivity index (χ4n) is 2.92. The number of morpholine rings is 1. The van der Waals surface area contributed by atoms with Crippen LogP contribution in [0, 0.1) is 13.8 Å². The summed E-state index contributed by atoms with van der Waals surface area (Å²) in [5.74, 6) is 1.02. The summed E-state index contributed by atoms with van der Waals surface area (Å²) in [6.45, 7) is 6.83. The Hall–Kier alpha value is -0.820. The number of aliphatic imine (C=N–C) groups is 1. The molecule has 0 amide bonds. The minimum Gasteiger partial charge on any atom is -0.370 e. The smallest absolute Gasteiger partial charge is 0.194 e. The molecule has 1 N–H and O–H groups in total. The predicted molar refractivity (Wildman–Crippen MR) is 101 cm³/mol. The molecule has 4 nitrogen and oxygen atoms in total. The van der Waals surface area contributed by atoms with E-state index in [1.54, 1.807) is 0 Å². The number of nitrogens with one attached hydrogen (secondary N) is 1. The van der Waals surface area contributed by atoms with Crippen molar-refractivity contribution in [3.8, 4) is 0 Å². The molecular formula is C17H26IN3O. The molecule has 0 aromatic heterocycles. The van der Waals surface area contributed by atoms with Gasteiger partial charge in [0.25, 0.3) is 0 Å². The summed E-state index contributed by atoms with van der Waals surface area (Å²) in [4.78, 5) is 6.76. The highest BCUT2D eigenvalue weighted by Gasteiger charge is 2.28. The Labute approximate surface area is 150 Å². The van der Waals surface area contributed by atoms with E-state index < -0.39 is 0 Å². The van der Waals surface area contributed by atoms with Crippen LogP contribution in [0.15, 0.2) is 23.2 Å². The van der Waals surface area contributed by atoms with Crippen LogP contribution in [0.5, 0.6) is 0 Å². The average molecular weight is 415 g/mol. The van der Waals surface area contributed by atoms with Gasteiger partial charge in [-0.15, -0.1) is 24.0 Å². The Balaban J connectivity index is 0.00000176. The van der Waals surface area contributed by atoms with Crippen LogP contribution >= 0.6 is 24.0 Å². The van der Waals surface area contributed by atoms with Gasteiger partial charge in [0.05, 0.1) is 13.2 Å². The fraction of sp³-hybridized carbons (Fsp3) is 0.588. The van der Waals surface area contributed by atoms with Gasteiger partial charge in [-0.05, 0) is 37.8 Å². The van der Waals surface area contributed by atoms with Gasteiger partial charge in [-0.3, -0.25) is 4.99 Å². The van der Waals surface area contributed by atoms with E-state index in [9.17, 15) is 0 Å². The van der Waals surface area contributed by atoms with Crippen molar-refractivity contribution < 1.29 is 4.74 Å². The minimum atomic E-state index is 0. The van der Waals surface area contributed by atoms with E-state index in [0.29, 0.717) is 6.04 Å². The normalized spacial score (nSPS) is 22.2. The second-order valence-corrected chi connectivity index (χ2v) is 6.13. The van der Waals surface area contributed by atoms with Crippen molar-refractivity contribution in [3.05, 3.63) is 34.9 Å². The molecule has 0 bridgehead atoms. The zero-order valence-corrected chi connectivity index (χ0v) is 16.0. The highest BCUT2D eigenvalue weighted by molar-refractivity contribution is 14.0. The highest BCUT2D eigenvalue weighted by Crippen LogP contribution is 2.26.